The maximum absolute atomic E-state index is 6.21. The molecular formula is C15H23ClN2O. The molecule has 1 N–H and O–H groups in total. The third-order valence-corrected chi connectivity index (χ3v) is 4.04. The maximum Gasteiger partial charge on any atom is 0.0826 e. The Morgan fingerprint density at radius 1 is 1.47 bits per heavy atom. The van der Waals surface area contributed by atoms with Gasteiger partial charge >= 0.3 is 0 Å². The van der Waals surface area contributed by atoms with Gasteiger partial charge in [0, 0.05) is 30.7 Å². The lowest BCUT2D eigenvalue weighted by Crippen LogP contribution is -2.46. The van der Waals surface area contributed by atoms with E-state index in [1.165, 1.54) is 0 Å². The molecule has 1 aliphatic rings. The van der Waals surface area contributed by atoms with E-state index < -0.39 is 0 Å². The Labute approximate surface area is 120 Å². The number of nitrogens with one attached hydrogen (secondary N) is 1. The molecular weight excluding hydrogens is 260 g/mol. The number of hydrogen-bond acceptors (Lipinski definition) is 3. The fourth-order valence-electron chi connectivity index (χ4n) is 2.44. The van der Waals surface area contributed by atoms with Crippen LogP contribution in [0, 0.1) is 0 Å². The molecule has 1 unspecified atom stereocenters. The highest BCUT2D eigenvalue weighted by atomic mass is 35.5. The summed E-state index contributed by atoms with van der Waals surface area (Å²) in [6.07, 6.45) is 0.277. The molecule has 4 heteroatoms. The summed E-state index contributed by atoms with van der Waals surface area (Å²) in [6.45, 7) is 9.19. The lowest BCUT2D eigenvalue weighted by Gasteiger charge is -2.32. The minimum absolute atomic E-state index is 0.245. The maximum atomic E-state index is 6.21. The summed E-state index contributed by atoms with van der Waals surface area (Å²) >= 11 is 6.21. The van der Waals surface area contributed by atoms with Crippen LogP contribution in [0.4, 0.5) is 0 Å². The van der Waals surface area contributed by atoms with Crippen LogP contribution in [0.5, 0.6) is 0 Å². The summed E-state index contributed by atoms with van der Waals surface area (Å²) in [5, 5.41) is 4.34. The van der Waals surface area contributed by atoms with E-state index in [1.54, 1.807) is 0 Å². The third kappa shape index (κ3) is 4.18. The van der Waals surface area contributed by atoms with Crippen LogP contribution in [0.15, 0.2) is 24.3 Å². The first-order valence-corrected chi connectivity index (χ1v) is 7.40. The average molecular weight is 283 g/mol. The molecule has 19 heavy (non-hydrogen) atoms. The van der Waals surface area contributed by atoms with Crippen LogP contribution < -0.4 is 5.32 Å². The highest BCUT2D eigenvalue weighted by Crippen LogP contribution is 2.22. The first kappa shape index (κ1) is 14.8. The largest absolute Gasteiger partial charge is 0.374 e. The van der Waals surface area contributed by atoms with Crippen molar-refractivity contribution < 1.29 is 4.74 Å². The summed E-state index contributed by atoms with van der Waals surface area (Å²) in [5.41, 5.74) is 1.15. The van der Waals surface area contributed by atoms with E-state index in [4.69, 9.17) is 16.3 Å². The highest BCUT2D eigenvalue weighted by Gasteiger charge is 2.20. The topological polar surface area (TPSA) is 24.5 Å². The summed E-state index contributed by atoms with van der Waals surface area (Å²) in [7, 11) is 0. The van der Waals surface area contributed by atoms with Crippen molar-refractivity contribution in [2.45, 2.75) is 26.0 Å². The molecule has 0 bridgehead atoms. The van der Waals surface area contributed by atoms with Crippen LogP contribution in [0.25, 0.3) is 0 Å². The number of rotatable bonds is 5. The number of ether oxygens (including phenoxy) is 1. The van der Waals surface area contributed by atoms with Gasteiger partial charge in [-0.1, -0.05) is 36.7 Å². The number of hydrogen-bond donors (Lipinski definition) is 1. The van der Waals surface area contributed by atoms with E-state index in [1.807, 2.05) is 18.2 Å². The monoisotopic (exact) mass is 282 g/mol. The molecule has 1 fully saturated rings. The Balaban J connectivity index is 1.83. The number of nitrogens with zero attached hydrogens (tertiary/aromatic N) is 1. The molecule has 0 amide bonds. The number of halogens is 1. The van der Waals surface area contributed by atoms with Crippen LogP contribution in [-0.4, -0.2) is 43.8 Å². The molecule has 3 nitrogen and oxygen atoms in total. The van der Waals surface area contributed by atoms with E-state index in [0.29, 0.717) is 0 Å². The minimum atomic E-state index is 0.245. The first-order chi connectivity index (χ1) is 9.20. The van der Waals surface area contributed by atoms with E-state index in [-0.39, 0.29) is 12.1 Å². The van der Waals surface area contributed by atoms with Gasteiger partial charge in [0.1, 0.15) is 0 Å². The molecule has 0 aliphatic carbocycles. The standard InChI is InChI=1S/C15H23ClN2O/c1-3-18-8-9-19-13(11-18)10-17-12(2)14-6-4-5-7-15(14)16/h4-7,12-13,17H,3,8-11H2,1-2H3/t12-,13?/m1/s1. The predicted octanol–water partition coefficient (Wildman–Crippen LogP) is 2.71. The van der Waals surface area contributed by atoms with Gasteiger partial charge in [-0.25, -0.2) is 0 Å². The van der Waals surface area contributed by atoms with Crippen molar-refractivity contribution in [3.63, 3.8) is 0 Å². The summed E-state index contributed by atoms with van der Waals surface area (Å²) < 4.78 is 5.79. The van der Waals surface area contributed by atoms with Gasteiger partial charge < -0.3 is 10.1 Å². The number of morpholine rings is 1. The second-order valence-corrected chi connectivity index (χ2v) is 5.44. The Morgan fingerprint density at radius 3 is 3.00 bits per heavy atom. The molecule has 1 aromatic carbocycles. The summed E-state index contributed by atoms with van der Waals surface area (Å²) in [4.78, 5) is 2.43. The van der Waals surface area contributed by atoms with Gasteiger partial charge in [-0.3, -0.25) is 4.90 Å². The van der Waals surface area contributed by atoms with Crippen molar-refractivity contribution in [1.82, 2.24) is 10.2 Å². The second-order valence-electron chi connectivity index (χ2n) is 5.04. The molecule has 0 aromatic heterocycles. The quantitative estimate of drug-likeness (QED) is 0.899. The third-order valence-electron chi connectivity index (χ3n) is 3.69. The van der Waals surface area contributed by atoms with Crippen molar-refractivity contribution in [2.24, 2.45) is 0 Å². The Morgan fingerprint density at radius 2 is 2.26 bits per heavy atom. The van der Waals surface area contributed by atoms with Gasteiger partial charge in [0.15, 0.2) is 0 Å². The first-order valence-electron chi connectivity index (χ1n) is 7.02. The Bertz CT molecular complexity index is 399. The zero-order valence-corrected chi connectivity index (χ0v) is 12.5. The zero-order valence-electron chi connectivity index (χ0n) is 11.7. The lowest BCUT2D eigenvalue weighted by atomic mass is 10.1. The van der Waals surface area contributed by atoms with Crippen molar-refractivity contribution >= 4 is 11.6 Å². The highest BCUT2D eigenvalue weighted by molar-refractivity contribution is 6.31. The molecule has 106 valence electrons. The van der Waals surface area contributed by atoms with Gasteiger partial charge in [-0.05, 0) is 25.1 Å². The number of likely N-dealkylation sites (N-methyl/N-ethyl adjacent to an activating group) is 1. The van der Waals surface area contributed by atoms with Gasteiger partial charge in [-0.2, -0.15) is 0 Å². The van der Waals surface area contributed by atoms with Crippen LogP contribution in [0.1, 0.15) is 25.5 Å². The van der Waals surface area contributed by atoms with Gasteiger partial charge in [0.25, 0.3) is 0 Å². The lowest BCUT2D eigenvalue weighted by molar-refractivity contribution is -0.0261. The normalized spacial score (nSPS) is 22.4. The van der Waals surface area contributed by atoms with E-state index in [9.17, 15) is 0 Å². The van der Waals surface area contributed by atoms with E-state index in [2.05, 4.69) is 30.1 Å². The van der Waals surface area contributed by atoms with Gasteiger partial charge in [0.2, 0.25) is 0 Å². The van der Waals surface area contributed by atoms with E-state index in [0.717, 1.165) is 43.4 Å². The molecule has 2 rings (SSSR count). The second kappa shape index (κ2) is 7.25. The molecule has 0 radical (unpaired) electrons. The molecule has 2 atom stereocenters. The molecule has 1 aliphatic heterocycles. The van der Waals surface area contributed by atoms with Crippen molar-refractivity contribution in [1.29, 1.82) is 0 Å². The van der Waals surface area contributed by atoms with Crippen LogP contribution >= 0.6 is 11.6 Å². The summed E-state index contributed by atoms with van der Waals surface area (Å²) in [5.74, 6) is 0. The molecule has 0 spiro atoms. The fourth-order valence-corrected chi connectivity index (χ4v) is 2.73. The van der Waals surface area contributed by atoms with Crippen LogP contribution in [0.3, 0.4) is 0 Å². The zero-order chi connectivity index (χ0) is 13.7. The van der Waals surface area contributed by atoms with Gasteiger partial charge in [-0.15, -0.1) is 0 Å². The van der Waals surface area contributed by atoms with Gasteiger partial charge in [0.05, 0.1) is 12.7 Å². The molecule has 1 heterocycles. The smallest absolute Gasteiger partial charge is 0.0826 e. The van der Waals surface area contributed by atoms with Crippen LogP contribution in [0.2, 0.25) is 5.02 Å². The van der Waals surface area contributed by atoms with Crippen LogP contribution in [-0.2, 0) is 4.74 Å². The number of benzene rings is 1. The molecule has 1 saturated heterocycles. The van der Waals surface area contributed by atoms with Crippen molar-refractivity contribution in [3.05, 3.63) is 34.9 Å². The Hall–Kier alpha value is -0.610. The fraction of sp³-hybridized carbons (Fsp3) is 0.600. The minimum Gasteiger partial charge on any atom is -0.374 e. The molecule has 1 aromatic rings. The SMILES string of the molecule is CCN1CCOC(CN[C@H](C)c2ccccc2Cl)C1. The average Bonchev–Trinajstić information content (AvgIpc) is 2.45. The Kier molecular flexibility index (Phi) is 5.64. The predicted molar refractivity (Wildman–Crippen MR) is 79.7 cm³/mol. The van der Waals surface area contributed by atoms with Crippen molar-refractivity contribution in [3.8, 4) is 0 Å². The van der Waals surface area contributed by atoms with E-state index >= 15 is 0 Å². The van der Waals surface area contributed by atoms with Crippen molar-refractivity contribution in [2.75, 3.05) is 32.8 Å². The molecule has 0 saturated carbocycles. The summed E-state index contributed by atoms with van der Waals surface area (Å²) in [6, 6.07) is 8.23.